The second-order valence-corrected chi connectivity index (χ2v) is 10.0. The maximum Gasteiger partial charge on any atom is 0.414 e. The van der Waals surface area contributed by atoms with E-state index in [2.05, 4.69) is 0 Å². The van der Waals surface area contributed by atoms with Gasteiger partial charge in [0.05, 0.1) is 35.5 Å². The summed E-state index contributed by atoms with van der Waals surface area (Å²) in [6, 6.07) is 12.6. The van der Waals surface area contributed by atoms with Crippen molar-refractivity contribution in [2.45, 2.75) is 40.7 Å². The first-order valence-corrected chi connectivity index (χ1v) is 12.7. The first-order chi connectivity index (χ1) is 15.6. The molecule has 8 nitrogen and oxygen atoms in total. The van der Waals surface area contributed by atoms with Gasteiger partial charge in [0.2, 0.25) is 15.9 Å². The monoisotopic (exact) mass is 473 g/mol. The third-order valence-corrected chi connectivity index (χ3v) is 7.57. The molecule has 178 valence electrons. The quantitative estimate of drug-likeness (QED) is 0.626. The molecule has 0 fully saturated rings. The van der Waals surface area contributed by atoms with E-state index in [1.165, 1.54) is 11.2 Å². The minimum absolute atomic E-state index is 0.0114. The van der Waals surface area contributed by atoms with Crippen LogP contribution in [0.4, 0.5) is 21.9 Å². The highest BCUT2D eigenvalue weighted by Gasteiger charge is 2.34. The number of hydrogen-bond donors (Lipinski definition) is 0. The van der Waals surface area contributed by atoms with Gasteiger partial charge in [0.15, 0.2) is 0 Å². The van der Waals surface area contributed by atoms with Crippen molar-refractivity contribution in [2.75, 3.05) is 39.6 Å². The summed E-state index contributed by atoms with van der Waals surface area (Å²) >= 11 is 0. The number of carbonyl (C=O) groups is 2. The van der Waals surface area contributed by atoms with Crippen molar-refractivity contribution in [1.29, 1.82) is 0 Å². The third-order valence-electron chi connectivity index (χ3n) is 5.70. The van der Waals surface area contributed by atoms with E-state index in [1.54, 1.807) is 36.6 Å². The SMILES string of the molecule is CCOC(=O)N1C[C@H](C)N(C(C)=O)c2ccc(-c3cccc(N(CC)S(=O)(=O)CC)c3)cc21. The zero-order chi connectivity index (χ0) is 24.3. The molecular weight excluding hydrogens is 442 g/mol. The Morgan fingerprint density at radius 3 is 2.36 bits per heavy atom. The molecule has 0 radical (unpaired) electrons. The van der Waals surface area contributed by atoms with Crippen molar-refractivity contribution in [3.8, 4) is 11.1 Å². The van der Waals surface area contributed by atoms with Crippen LogP contribution in [0.2, 0.25) is 0 Å². The van der Waals surface area contributed by atoms with Crippen LogP contribution < -0.4 is 14.1 Å². The van der Waals surface area contributed by atoms with Gasteiger partial charge in [-0.2, -0.15) is 0 Å². The lowest BCUT2D eigenvalue weighted by molar-refractivity contribution is -0.117. The summed E-state index contributed by atoms with van der Waals surface area (Å²) in [4.78, 5) is 28.2. The summed E-state index contributed by atoms with van der Waals surface area (Å²) < 4.78 is 31.7. The van der Waals surface area contributed by atoms with E-state index in [9.17, 15) is 18.0 Å². The maximum atomic E-state index is 12.7. The van der Waals surface area contributed by atoms with Crippen LogP contribution in [0.1, 0.15) is 34.6 Å². The van der Waals surface area contributed by atoms with Crippen LogP contribution in [-0.4, -0.2) is 51.9 Å². The second kappa shape index (κ2) is 9.82. The average molecular weight is 474 g/mol. The molecule has 0 bridgehead atoms. The normalized spacial score (nSPS) is 15.7. The largest absolute Gasteiger partial charge is 0.449 e. The van der Waals surface area contributed by atoms with Crippen molar-refractivity contribution < 1.29 is 22.7 Å². The molecule has 0 unspecified atom stereocenters. The molecule has 0 saturated heterocycles. The number of fused-ring (bicyclic) bond motifs is 1. The highest BCUT2D eigenvalue weighted by atomic mass is 32.2. The summed E-state index contributed by atoms with van der Waals surface area (Å²) in [7, 11) is -3.41. The van der Waals surface area contributed by atoms with Crippen molar-refractivity contribution in [3.05, 3.63) is 42.5 Å². The van der Waals surface area contributed by atoms with Gasteiger partial charge < -0.3 is 9.64 Å². The molecule has 9 heteroatoms. The molecule has 1 aliphatic heterocycles. The molecule has 0 N–H and O–H groups in total. The summed E-state index contributed by atoms with van der Waals surface area (Å²) in [5, 5.41) is 0. The lowest BCUT2D eigenvalue weighted by atomic mass is 10.0. The number of anilines is 3. The highest BCUT2D eigenvalue weighted by molar-refractivity contribution is 7.92. The topological polar surface area (TPSA) is 87.2 Å². The Morgan fingerprint density at radius 2 is 1.76 bits per heavy atom. The number of nitrogens with zero attached hydrogens (tertiary/aromatic N) is 3. The lowest BCUT2D eigenvalue weighted by Crippen LogP contribution is -2.51. The molecule has 0 spiro atoms. The van der Waals surface area contributed by atoms with Crippen molar-refractivity contribution in [3.63, 3.8) is 0 Å². The zero-order valence-corrected chi connectivity index (χ0v) is 20.6. The smallest absolute Gasteiger partial charge is 0.414 e. The van der Waals surface area contributed by atoms with Gasteiger partial charge in [-0.05, 0) is 63.1 Å². The van der Waals surface area contributed by atoms with Gasteiger partial charge in [-0.3, -0.25) is 14.0 Å². The molecule has 3 rings (SSSR count). The van der Waals surface area contributed by atoms with E-state index >= 15 is 0 Å². The van der Waals surface area contributed by atoms with Crippen molar-refractivity contribution in [2.24, 2.45) is 0 Å². The molecule has 1 atom stereocenters. The Morgan fingerprint density at radius 1 is 1.06 bits per heavy atom. The Hall–Kier alpha value is -3.07. The summed E-state index contributed by atoms with van der Waals surface area (Å²) in [5.74, 6) is -0.0948. The molecule has 0 saturated carbocycles. The molecular formula is C24H31N3O5S. The minimum atomic E-state index is -3.41. The minimum Gasteiger partial charge on any atom is -0.449 e. The number of benzene rings is 2. The van der Waals surface area contributed by atoms with Gasteiger partial charge in [-0.1, -0.05) is 18.2 Å². The van der Waals surface area contributed by atoms with E-state index in [4.69, 9.17) is 4.74 Å². The lowest BCUT2D eigenvalue weighted by Gasteiger charge is -2.40. The Kier molecular flexibility index (Phi) is 7.31. The Labute approximate surface area is 195 Å². The fourth-order valence-corrected chi connectivity index (χ4v) is 5.33. The maximum absolute atomic E-state index is 12.7. The van der Waals surface area contributed by atoms with E-state index in [0.29, 0.717) is 30.2 Å². The number of amides is 2. The van der Waals surface area contributed by atoms with Crippen LogP contribution in [0.25, 0.3) is 11.1 Å². The molecule has 1 aliphatic rings. The van der Waals surface area contributed by atoms with E-state index < -0.39 is 16.1 Å². The number of sulfonamides is 1. The third kappa shape index (κ3) is 4.83. The Bertz CT molecular complexity index is 1150. The first-order valence-electron chi connectivity index (χ1n) is 11.1. The Balaban J connectivity index is 2.11. The number of carbonyl (C=O) groups excluding carboxylic acids is 2. The number of hydrogen-bond acceptors (Lipinski definition) is 5. The fraction of sp³-hybridized carbons (Fsp3) is 0.417. The highest BCUT2D eigenvalue weighted by Crippen LogP contribution is 2.39. The van der Waals surface area contributed by atoms with Crippen molar-refractivity contribution >= 4 is 39.1 Å². The predicted octanol–water partition coefficient (Wildman–Crippen LogP) is 4.25. The molecule has 0 aliphatic carbocycles. The molecule has 2 aromatic rings. The van der Waals surface area contributed by atoms with Crippen LogP contribution >= 0.6 is 0 Å². The van der Waals surface area contributed by atoms with Gasteiger partial charge in [0.1, 0.15) is 0 Å². The zero-order valence-electron chi connectivity index (χ0n) is 19.7. The molecule has 1 heterocycles. The summed E-state index contributed by atoms with van der Waals surface area (Å²) in [6.07, 6.45) is -0.467. The van der Waals surface area contributed by atoms with Crippen molar-refractivity contribution in [1.82, 2.24) is 0 Å². The van der Waals surface area contributed by atoms with Crippen LogP contribution in [0.3, 0.4) is 0 Å². The second-order valence-electron chi connectivity index (χ2n) is 7.87. The van der Waals surface area contributed by atoms with Crippen LogP contribution in [-0.2, 0) is 19.6 Å². The van der Waals surface area contributed by atoms with E-state index in [1.807, 2.05) is 43.3 Å². The summed E-state index contributed by atoms with van der Waals surface area (Å²) in [6.45, 7) is 9.45. The van der Waals surface area contributed by atoms with Crippen LogP contribution in [0.5, 0.6) is 0 Å². The predicted molar refractivity (Wildman–Crippen MR) is 131 cm³/mol. The first kappa shape index (κ1) is 24.6. The van der Waals surface area contributed by atoms with Crippen LogP contribution in [0.15, 0.2) is 42.5 Å². The summed E-state index contributed by atoms with van der Waals surface area (Å²) in [5.41, 5.74) is 3.40. The molecule has 2 amide bonds. The average Bonchev–Trinajstić information content (AvgIpc) is 2.78. The van der Waals surface area contributed by atoms with E-state index in [-0.39, 0.29) is 24.3 Å². The molecule has 33 heavy (non-hydrogen) atoms. The number of rotatable bonds is 6. The van der Waals surface area contributed by atoms with E-state index in [0.717, 1.165) is 11.1 Å². The van der Waals surface area contributed by atoms with Gasteiger partial charge in [0, 0.05) is 20.0 Å². The van der Waals surface area contributed by atoms with Gasteiger partial charge in [-0.15, -0.1) is 0 Å². The van der Waals surface area contributed by atoms with Gasteiger partial charge in [-0.25, -0.2) is 13.2 Å². The van der Waals surface area contributed by atoms with Gasteiger partial charge >= 0.3 is 6.09 Å². The van der Waals surface area contributed by atoms with Gasteiger partial charge in [0.25, 0.3) is 0 Å². The van der Waals surface area contributed by atoms with Crippen LogP contribution in [0, 0.1) is 0 Å². The fourth-order valence-electron chi connectivity index (χ4n) is 4.20. The number of ether oxygens (including phenoxy) is 1. The standard InChI is InChI=1S/C24H31N3O5S/c1-6-26(33(30,31)8-3)21-11-9-10-19(14-21)20-12-13-22-23(15-20)25(24(29)32-7-2)16-17(4)27(22)18(5)28/h9-15,17H,6-8,16H2,1-5H3/t17-/m0/s1. The molecule has 0 aromatic heterocycles. The molecule has 2 aromatic carbocycles.